The minimum atomic E-state index is 0.391. The van der Waals surface area contributed by atoms with Crippen LogP contribution < -0.4 is 4.74 Å². The number of halogens is 1. The summed E-state index contributed by atoms with van der Waals surface area (Å²) in [5.74, 6) is 1.19. The number of aromatic nitrogens is 1. The number of aryl methyl sites for hydroxylation is 1. The molecule has 0 atom stereocenters. The Kier molecular flexibility index (Phi) is 4.38. The molecule has 0 amide bonds. The summed E-state index contributed by atoms with van der Waals surface area (Å²) in [6.45, 7) is 2.41. The fraction of sp³-hybridized carbons (Fsp3) is 0.200. The molecule has 0 unspecified atom stereocenters. The van der Waals surface area contributed by atoms with Crippen molar-refractivity contribution >= 4 is 11.6 Å². The molecule has 0 N–H and O–H groups in total. The van der Waals surface area contributed by atoms with E-state index in [1.54, 1.807) is 12.3 Å². The molecular weight excluding hydrogens is 260 g/mol. The van der Waals surface area contributed by atoms with Crippen molar-refractivity contribution in [2.24, 2.45) is 0 Å². The van der Waals surface area contributed by atoms with E-state index in [0.29, 0.717) is 18.2 Å². The van der Waals surface area contributed by atoms with Crippen LogP contribution in [0.4, 0.5) is 0 Å². The molecule has 0 aliphatic rings. The molecule has 0 spiro atoms. The van der Waals surface area contributed by atoms with Crippen LogP contribution in [-0.4, -0.2) is 4.98 Å². The zero-order valence-electron chi connectivity index (χ0n) is 10.6. The highest BCUT2D eigenvalue weighted by atomic mass is 35.5. The summed E-state index contributed by atoms with van der Waals surface area (Å²) in [5.41, 5.74) is 3.42. The van der Waals surface area contributed by atoms with Crippen LogP contribution in [0.5, 0.6) is 5.75 Å². The molecule has 1 aromatic carbocycles. The quantitative estimate of drug-likeness (QED) is 0.799. The van der Waals surface area contributed by atoms with E-state index in [4.69, 9.17) is 21.6 Å². The minimum Gasteiger partial charge on any atom is -0.489 e. The Labute approximate surface area is 117 Å². The number of nitriles is 1. The molecule has 2 rings (SSSR count). The van der Waals surface area contributed by atoms with Gasteiger partial charge in [-0.25, -0.2) is 4.98 Å². The monoisotopic (exact) mass is 272 g/mol. The van der Waals surface area contributed by atoms with Crippen LogP contribution in [0.15, 0.2) is 36.5 Å². The summed E-state index contributed by atoms with van der Waals surface area (Å²) >= 11 is 5.90. The molecular formula is C15H13ClN2O. The number of pyridine rings is 1. The molecule has 1 heterocycles. The fourth-order valence-corrected chi connectivity index (χ4v) is 1.95. The minimum absolute atomic E-state index is 0.391. The molecule has 0 aliphatic heterocycles. The van der Waals surface area contributed by atoms with Crippen molar-refractivity contribution in [3.05, 3.63) is 58.9 Å². The predicted molar refractivity (Wildman–Crippen MR) is 74.0 cm³/mol. The molecule has 0 bridgehead atoms. The van der Waals surface area contributed by atoms with Gasteiger partial charge in [0.15, 0.2) is 0 Å². The van der Waals surface area contributed by atoms with E-state index in [2.05, 4.69) is 4.98 Å². The standard InChI is InChI=1S/C15H13ClN2O/c1-11-2-3-15(13(6-11)8-16)19-10-12-4-5-18-14(7-12)9-17/h2-7H,8,10H2,1H3. The summed E-state index contributed by atoms with van der Waals surface area (Å²) in [6, 6.07) is 11.5. The lowest BCUT2D eigenvalue weighted by molar-refractivity contribution is 0.303. The van der Waals surface area contributed by atoms with Crippen LogP contribution in [0.3, 0.4) is 0 Å². The zero-order chi connectivity index (χ0) is 13.7. The maximum Gasteiger partial charge on any atom is 0.140 e. The van der Waals surface area contributed by atoms with Gasteiger partial charge < -0.3 is 4.74 Å². The Bertz CT molecular complexity index is 620. The molecule has 4 heteroatoms. The van der Waals surface area contributed by atoms with Crippen molar-refractivity contribution < 1.29 is 4.74 Å². The van der Waals surface area contributed by atoms with E-state index in [9.17, 15) is 0 Å². The first-order valence-electron chi connectivity index (χ1n) is 5.86. The molecule has 0 saturated carbocycles. The van der Waals surface area contributed by atoms with Crippen LogP contribution in [0.1, 0.15) is 22.4 Å². The molecule has 2 aromatic rings. The van der Waals surface area contributed by atoms with E-state index < -0.39 is 0 Å². The van der Waals surface area contributed by atoms with Gasteiger partial charge in [0.1, 0.15) is 24.1 Å². The van der Waals surface area contributed by atoms with Crippen LogP contribution in [0.2, 0.25) is 0 Å². The lowest BCUT2D eigenvalue weighted by atomic mass is 10.1. The number of hydrogen-bond donors (Lipinski definition) is 0. The molecule has 0 fully saturated rings. The second kappa shape index (κ2) is 6.21. The number of nitrogens with zero attached hydrogens (tertiary/aromatic N) is 2. The first-order valence-corrected chi connectivity index (χ1v) is 6.39. The third-order valence-electron chi connectivity index (χ3n) is 2.69. The largest absolute Gasteiger partial charge is 0.489 e. The van der Waals surface area contributed by atoms with E-state index in [0.717, 1.165) is 22.4 Å². The molecule has 0 aliphatic carbocycles. The lowest BCUT2D eigenvalue weighted by Crippen LogP contribution is -1.99. The highest BCUT2D eigenvalue weighted by Gasteiger charge is 2.04. The Hall–Kier alpha value is -2.05. The van der Waals surface area contributed by atoms with Crippen molar-refractivity contribution in [2.45, 2.75) is 19.4 Å². The van der Waals surface area contributed by atoms with Crippen molar-refractivity contribution in [1.82, 2.24) is 4.98 Å². The van der Waals surface area contributed by atoms with Crippen molar-refractivity contribution in [1.29, 1.82) is 5.26 Å². The van der Waals surface area contributed by atoms with Gasteiger partial charge in [-0.3, -0.25) is 0 Å². The van der Waals surface area contributed by atoms with Crippen LogP contribution in [0.25, 0.3) is 0 Å². The van der Waals surface area contributed by atoms with E-state index in [1.807, 2.05) is 37.3 Å². The maximum absolute atomic E-state index is 8.79. The first kappa shape index (κ1) is 13.4. The first-order chi connectivity index (χ1) is 9.22. The molecule has 19 heavy (non-hydrogen) atoms. The van der Waals surface area contributed by atoms with Gasteiger partial charge in [0.25, 0.3) is 0 Å². The topological polar surface area (TPSA) is 45.9 Å². The highest BCUT2D eigenvalue weighted by Crippen LogP contribution is 2.22. The van der Waals surface area contributed by atoms with Crippen LogP contribution in [0, 0.1) is 18.3 Å². The number of rotatable bonds is 4. The Morgan fingerprint density at radius 1 is 1.32 bits per heavy atom. The number of benzene rings is 1. The summed E-state index contributed by atoms with van der Waals surface area (Å²) in [5, 5.41) is 8.79. The third kappa shape index (κ3) is 3.46. The van der Waals surface area contributed by atoms with Gasteiger partial charge in [0.05, 0.1) is 5.88 Å². The summed E-state index contributed by atoms with van der Waals surface area (Å²) in [6.07, 6.45) is 1.61. The molecule has 0 saturated heterocycles. The lowest BCUT2D eigenvalue weighted by Gasteiger charge is -2.10. The average molecular weight is 273 g/mol. The van der Waals surface area contributed by atoms with Gasteiger partial charge in [-0.1, -0.05) is 17.7 Å². The summed E-state index contributed by atoms with van der Waals surface area (Å²) < 4.78 is 5.75. The average Bonchev–Trinajstić information content (AvgIpc) is 2.46. The Morgan fingerprint density at radius 2 is 2.16 bits per heavy atom. The number of alkyl halides is 1. The number of hydrogen-bond acceptors (Lipinski definition) is 3. The maximum atomic E-state index is 8.79. The SMILES string of the molecule is Cc1ccc(OCc2ccnc(C#N)c2)c(CCl)c1. The zero-order valence-corrected chi connectivity index (χ0v) is 11.3. The fourth-order valence-electron chi connectivity index (χ4n) is 1.74. The van der Waals surface area contributed by atoms with Crippen LogP contribution >= 0.6 is 11.6 Å². The van der Waals surface area contributed by atoms with Crippen molar-refractivity contribution in [2.75, 3.05) is 0 Å². The van der Waals surface area contributed by atoms with Crippen molar-refractivity contribution in [3.63, 3.8) is 0 Å². The number of ether oxygens (including phenoxy) is 1. The normalized spacial score (nSPS) is 9.95. The molecule has 1 aromatic heterocycles. The smallest absolute Gasteiger partial charge is 0.140 e. The Morgan fingerprint density at radius 3 is 2.89 bits per heavy atom. The van der Waals surface area contributed by atoms with Gasteiger partial charge in [0, 0.05) is 11.8 Å². The molecule has 3 nitrogen and oxygen atoms in total. The summed E-state index contributed by atoms with van der Waals surface area (Å²) in [4.78, 5) is 3.92. The van der Waals surface area contributed by atoms with Gasteiger partial charge in [-0.2, -0.15) is 5.26 Å². The van der Waals surface area contributed by atoms with E-state index in [-0.39, 0.29) is 0 Å². The second-order valence-corrected chi connectivity index (χ2v) is 4.46. The second-order valence-electron chi connectivity index (χ2n) is 4.19. The van der Waals surface area contributed by atoms with Crippen molar-refractivity contribution in [3.8, 4) is 11.8 Å². The Balaban J connectivity index is 2.12. The van der Waals surface area contributed by atoms with E-state index in [1.165, 1.54) is 0 Å². The van der Waals surface area contributed by atoms with Crippen LogP contribution in [-0.2, 0) is 12.5 Å². The van der Waals surface area contributed by atoms with Gasteiger partial charge in [0.2, 0.25) is 0 Å². The third-order valence-corrected chi connectivity index (χ3v) is 2.98. The van der Waals surface area contributed by atoms with Gasteiger partial charge in [-0.15, -0.1) is 11.6 Å². The molecule has 96 valence electrons. The van der Waals surface area contributed by atoms with E-state index >= 15 is 0 Å². The van der Waals surface area contributed by atoms with Gasteiger partial charge >= 0.3 is 0 Å². The predicted octanol–water partition coefficient (Wildman–Crippen LogP) is 3.58. The summed E-state index contributed by atoms with van der Waals surface area (Å²) in [7, 11) is 0. The molecule has 0 radical (unpaired) electrons. The van der Waals surface area contributed by atoms with Gasteiger partial charge in [-0.05, 0) is 30.7 Å². The highest BCUT2D eigenvalue weighted by molar-refractivity contribution is 6.17.